The van der Waals surface area contributed by atoms with Gasteiger partial charge in [0.05, 0.1) is 12.2 Å². The molecule has 1 aliphatic heterocycles. The zero-order valence-electron chi connectivity index (χ0n) is 21.2. The number of nitrogens with zero attached hydrogens (tertiary/aromatic N) is 1. The van der Waals surface area contributed by atoms with Gasteiger partial charge in [-0.1, -0.05) is 54.6 Å². The van der Waals surface area contributed by atoms with Gasteiger partial charge in [0.1, 0.15) is 17.6 Å². The van der Waals surface area contributed by atoms with E-state index in [0.717, 1.165) is 42.2 Å². The monoisotopic (exact) mass is 496 g/mol. The first kappa shape index (κ1) is 24.7. The molecule has 4 aromatic rings. The molecular weight excluding hydrogens is 464 g/mol. The van der Waals surface area contributed by atoms with Gasteiger partial charge in [0, 0.05) is 11.7 Å². The van der Waals surface area contributed by atoms with E-state index in [1.807, 2.05) is 43.3 Å². The van der Waals surface area contributed by atoms with Crippen LogP contribution in [-0.2, 0) is 4.79 Å². The number of aliphatic carboxylic acids is 1. The van der Waals surface area contributed by atoms with Crippen LogP contribution in [0.4, 0.5) is 11.4 Å². The van der Waals surface area contributed by atoms with Crippen molar-refractivity contribution >= 4 is 28.1 Å². The number of fused-ring (bicyclic) bond motifs is 2. The minimum Gasteiger partial charge on any atom is -0.486 e. The third kappa shape index (κ3) is 5.54. The van der Waals surface area contributed by atoms with Crippen molar-refractivity contribution in [2.45, 2.75) is 32.4 Å². The van der Waals surface area contributed by atoms with E-state index < -0.39 is 5.97 Å². The Morgan fingerprint density at radius 3 is 2.70 bits per heavy atom. The van der Waals surface area contributed by atoms with E-state index >= 15 is 0 Å². The predicted molar refractivity (Wildman–Crippen MR) is 147 cm³/mol. The number of rotatable bonds is 9. The predicted octanol–water partition coefficient (Wildman–Crippen LogP) is 6.25. The van der Waals surface area contributed by atoms with Crippen LogP contribution in [0.25, 0.3) is 10.8 Å². The summed E-state index contributed by atoms with van der Waals surface area (Å²) in [5.74, 6) is 0.456. The lowest BCUT2D eigenvalue weighted by Crippen LogP contribution is -2.39. The molecule has 1 heterocycles. The molecule has 6 nitrogen and oxygen atoms in total. The summed E-state index contributed by atoms with van der Waals surface area (Å²) in [6.07, 6.45) is 0.879. The molecule has 2 N–H and O–H groups in total. The summed E-state index contributed by atoms with van der Waals surface area (Å²) < 4.78 is 11.8. The third-order valence-corrected chi connectivity index (χ3v) is 6.86. The topological polar surface area (TPSA) is 71.0 Å². The zero-order valence-corrected chi connectivity index (χ0v) is 21.2. The Morgan fingerprint density at radius 2 is 1.86 bits per heavy atom. The standard InChI is InChI=1S/C31H32N2O4/c1-21-18-24(14-15-29(21)36-20-31(34)35)33-19-25(37-30-13-6-5-12-28(30)33)16-17-32-22(2)26-11-7-9-23-8-3-4-10-27(23)26/h3-15,18,22,25,32H,16-17,19-20H2,1-2H3,(H,34,35)/t22-,25?/m1/s1. The van der Waals surface area contributed by atoms with E-state index in [1.165, 1.54) is 16.3 Å². The number of ether oxygens (including phenoxy) is 2. The van der Waals surface area contributed by atoms with Gasteiger partial charge in [0.25, 0.3) is 0 Å². The quantitative estimate of drug-likeness (QED) is 0.285. The van der Waals surface area contributed by atoms with Crippen molar-refractivity contribution in [3.05, 3.63) is 96.1 Å². The number of nitrogens with one attached hydrogen (secondary N) is 1. The molecule has 0 aliphatic carbocycles. The van der Waals surface area contributed by atoms with Crippen molar-refractivity contribution in [3.63, 3.8) is 0 Å². The summed E-state index contributed by atoms with van der Waals surface area (Å²) in [5, 5.41) is 15.2. The van der Waals surface area contributed by atoms with Crippen LogP contribution >= 0.6 is 0 Å². The van der Waals surface area contributed by atoms with Gasteiger partial charge >= 0.3 is 5.97 Å². The van der Waals surface area contributed by atoms with Crippen LogP contribution in [0.3, 0.4) is 0 Å². The maximum absolute atomic E-state index is 10.9. The third-order valence-electron chi connectivity index (χ3n) is 6.86. The SMILES string of the molecule is Cc1cc(N2CC(CCN[C@H](C)c3cccc4ccccc34)Oc3ccccc32)ccc1OCC(=O)O. The van der Waals surface area contributed by atoms with E-state index in [2.05, 4.69) is 65.7 Å². The summed E-state index contributed by atoms with van der Waals surface area (Å²) in [4.78, 5) is 13.2. The number of carboxylic acids is 1. The molecule has 0 radical (unpaired) electrons. The van der Waals surface area contributed by atoms with Crippen molar-refractivity contribution in [2.24, 2.45) is 0 Å². The number of anilines is 2. The van der Waals surface area contributed by atoms with Crippen molar-refractivity contribution in [2.75, 3.05) is 24.6 Å². The maximum Gasteiger partial charge on any atom is 0.341 e. The molecule has 0 saturated carbocycles. The second-order valence-corrected chi connectivity index (χ2v) is 9.48. The summed E-state index contributed by atoms with van der Waals surface area (Å²) in [6, 6.07) is 29.1. The molecule has 0 aromatic heterocycles. The number of para-hydroxylation sites is 2. The van der Waals surface area contributed by atoms with Gasteiger partial charge < -0.3 is 24.8 Å². The number of aryl methyl sites for hydroxylation is 1. The fraction of sp³-hybridized carbons (Fsp3) is 0.258. The molecule has 190 valence electrons. The fourth-order valence-corrected chi connectivity index (χ4v) is 5.00. The number of carbonyl (C=O) groups is 1. The molecule has 5 rings (SSSR count). The van der Waals surface area contributed by atoms with Crippen LogP contribution in [0.2, 0.25) is 0 Å². The first-order chi connectivity index (χ1) is 18.0. The molecule has 1 aliphatic rings. The Balaban J connectivity index is 1.28. The number of hydrogen-bond acceptors (Lipinski definition) is 5. The summed E-state index contributed by atoms with van der Waals surface area (Å²) in [7, 11) is 0. The molecule has 0 spiro atoms. The average molecular weight is 497 g/mol. The first-order valence-electron chi connectivity index (χ1n) is 12.7. The van der Waals surface area contributed by atoms with Crippen LogP contribution in [0, 0.1) is 6.92 Å². The average Bonchev–Trinajstić information content (AvgIpc) is 2.91. The molecule has 6 heteroatoms. The zero-order chi connectivity index (χ0) is 25.8. The Morgan fingerprint density at radius 1 is 1.08 bits per heavy atom. The van der Waals surface area contributed by atoms with E-state index in [0.29, 0.717) is 5.75 Å². The summed E-state index contributed by atoms with van der Waals surface area (Å²) >= 11 is 0. The fourth-order valence-electron chi connectivity index (χ4n) is 5.00. The van der Waals surface area contributed by atoms with Crippen molar-refractivity contribution < 1.29 is 19.4 Å². The molecular formula is C31H32N2O4. The minimum atomic E-state index is -0.989. The molecule has 4 aromatic carbocycles. The number of carboxylic acid groups (broad SMARTS) is 1. The Hall–Kier alpha value is -4.03. The molecule has 1 unspecified atom stereocenters. The lowest BCUT2D eigenvalue weighted by atomic mass is 9.99. The van der Waals surface area contributed by atoms with Crippen molar-refractivity contribution in [3.8, 4) is 11.5 Å². The van der Waals surface area contributed by atoms with Crippen LogP contribution in [0.5, 0.6) is 11.5 Å². The maximum atomic E-state index is 10.9. The van der Waals surface area contributed by atoms with Crippen molar-refractivity contribution in [1.82, 2.24) is 5.32 Å². The number of hydrogen-bond donors (Lipinski definition) is 2. The van der Waals surface area contributed by atoms with E-state index in [9.17, 15) is 4.79 Å². The Bertz CT molecular complexity index is 1400. The van der Waals surface area contributed by atoms with Crippen LogP contribution < -0.4 is 19.7 Å². The van der Waals surface area contributed by atoms with Gasteiger partial charge in [-0.2, -0.15) is 0 Å². The lowest BCUT2D eigenvalue weighted by Gasteiger charge is -2.37. The highest BCUT2D eigenvalue weighted by atomic mass is 16.5. The lowest BCUT2D eigenvalue weighted by molar-refractivity contribution is -0.139. The van der Waals surface area contributed by atoms with Gasteiger partial charge in [0.2, 0.25) is 0 Å². The van der Waals surface area contributed by atoms with Gasteiger partial charge in [-0.25, -0.2) is 4.79 Å². The Kier molecular flexibility index (Phi) is 7.28. The van der Waals surface area contributed by atoms with Gasteiger partial charge in [-0.15, -0.1) is 0 Å². The second kappa shape index (κ2) is 10.9. The highest BCUT2D eigenvalue weighted by molar-refractivity contribution is 5.86. The van der Waals surface area contributed by atoms with Crippen LogP contribution in [0.1, 0.15) is 30.5 Å². The second-order valence-electron chi connectivity index (χ2n) is 9.48. The highest BCUT2D eigenvalue weighted by Crippen LogP contribution is 2.39. The molecule has 0 bridgehead atoms. The summed E-state index contributed by atoms with van der Waals surface area (Å²) in [6.45, 7) is 5.33. The van der Waals surface area contributed by atoms with Gasteiger partial charge in [-0.3, -0.25) is 0 Å². The summed E-state index contributed by atoms with van der Waals surface area (Å²) in [5.41, 5.74) is 4.24. The normalized spacial score (nSPS) is 15.6. The molecule has 0 amide bonds. The highest BCUT2D eigenvalue weighted by Gasteiger charge is 2.27. The smallest absolute Gasteiger partial charge is 0.341 e. The van der Waals surface area contributed by atoms with Gasteiger partial charge in [0.15, 0.2) is 6.61 Å². The van der Waals surface area contributed by atoms with Gasteiger partial charge in [-0.05, 0) is 79.0 Å². The van der Waals surface area contributed by atoms with Crippen LogP contribution in [0.15, 0.2) is 84.9 Å². The molecule has 0 fully saturated rings. The van der Waals surface area contributed by atoms with E-state index in [4.69, 9.17) is 14.6 Å². The molecule has 0 saturated heterocycles. The largest absolute Gasteiger partial charge is 0.486 e. The van der Waals surface area contributed by atoms with Crippen LogP contribution in [-0.4, -0.2) is 36.9 Å². The van der Waals surface area contributed by atoms with Crippen molar-refractivity contribution in [1.29, 1.82) is 0 Å². The first-order valence-corrected chi connectivity index (χ1v) is 12.7. The van der Waals surface area contributed by atoms with E-state index in [1.54, 1.807) is 0 Å². The minimum absolute atomic E-state index is 0.0189. The number of benzene rings is 4. The Labute approximate surface area is 217 Å². The molecule has 2 atom stereocenters. The molecule has 37 heavy (non-hydrogen) atoms. The van der Waals surface area contributed by atoms with E-state index in [-0.39, 0.29) is 18.8 Å².